The number of rotatable bonds is 4. The maximum absolute atomic E-state index is 12.6. The molecule has 128 valence electrons. The summed E-state index contributed by atoms with van der Waals surface area (Å²) in [4.78, 5) is 13.3. The van der Waals surface area contributed by atoms with E-state index in [0.29, 0.717) is 6.54 Å². The summed E-state index contributed by atoms with van der Waals surface area (Å²) in [6.45, 7) is 0.892. The van der Waals surface area contributed by atoms with E-state index in [1.165, 1.54) is 6.07 Å². The fourth-order valence-corrected chi connectivity index (χ4v) is 3.14. The van der Waals surface area contributed by atoms with Gasteiger partial charge >= 0.3 is 12.1 Å². The molecule has 1 aromatic heterocycles. The Balaban J connectivity index is 1.74. The predicted octanol–water partition coefficient (Wildman–Crippen LogP) is 3.60. The first kappa shape index (κ1) is 16.6. The number of alkyl halides is 3. The van der Waals surface area contributed by atoms with Gasteiger partial charge < -0.3 is 9.52 Å². The Bertz CT molecular complexity index is 711. The standard InChI is InChI=1S/C17H16F3NO3/c18-17(19,20)15-7-6-12(24-15)8-21-9-13(14(10-21)16(22)23)11-4-2-1-3-5-11/h1-7,13-14H,8-10H2,(H,22,23)/t13-,14+/m0/s1. The zero-order valence-corrected chi connectivity index (χ0v) is 12.7. The maximum Gasteiger partial charge on any atom is 0.449 e. The second-order valence-electron chi connectivity index (χ2n) is 5.92. The molecule has 0 amide bonds. The van der Waals surface area contributed by atoms with Gasteiger partial charge in [0.25, 0.3) is 0 Å². The van der Waals surface area contributed by atoms with Gasteiger partial charge in [0, 0.05) is 19.0 Å². The number of nitrogens with zero attached hydrogens (tertiary/aromatic N) is 1. The van der Waals surface area contributed by atoms with Gasteiger partial charge in [0.05, 0.1) is 12.5 Å². The van der Waals surface area contributed by atoms with E-state index in [0.717, 1.165) is 11.6 Å². The first-order valence-corrected chi connectivity index (χ1v) is 7.50. The first-order chi connectivity index (χ1) is 11.3. The number of aliphatic carboxylic acids is 1. The molecular formula is C17H16F3NO3. The molecule has 2 heterocycles. The zero-order valence-electron chi connectivity index (χ0n) is 12.7. The molecule has 0 saturated carbocycles. The van der Waals surface area contributed by atoms with Crippen LogP contribution in [0.5, 0.6) is 0 Å². The summed E-state index contributed by atoms with van der Waals surface area (Å²) >= 11 is 0. The largest absolute Gasteiger partial charge is 0.481 e. The number of halogens is 3. The quantitative estimate of drug-likeness (QED) is 0.925. The Kier molecular flexibility index (Phi) is 4.36. The highest BCUT2D eigenvalue weighted by molar-refractivity contribution is 5.72. The van der Waals surface area contributed by atoms with Gasteiger partial charge in [0.2, 0.25) is 5.76 Å². The van der Waals surface area contributed by atoms with Gasteiger partial charge in [0.1, 0.15) is 5.76 Å². The lowest BCUT2D eigenvalue weighted by Gasteiger charge is -2.15. The Hall–Kier alpha value is -2.28. The molecule has 1 aliphatic rings. The predicted molar refractivity (Wildman–Crippen MR) is 79.3 cm³/mol. The second kappa shape index (κ2) is 6.32. The van der Waals surface area contributed by atoms with Crippen molar-refractivity contribution in [3.8, 4) is 0 Å². The molecule has 1 fully saturated rings. The number of hydrogen-bond acceptors (Lipinski definition) is 3. The van der Waals surface area contributed by atoms with Crippen molar-refractivity contribution in [1.29, 1.82) is 0 Å². The van der Waals surface area contributed by atoms with E-state index in [2.05, 4.69) is 0 Å². The van der Waals surface area contributed by atoms with Crippen LogP contribution in [0.1, 0.15) is 23.0 Å². The van der Waals surface area contributed by atoms with Crippen LogP contribution in [0.3, 0.4) is 0 Å². The molecule has 2 aromatic rings. The van der Waals surface area contributed by atoms with Gasteiger partial charge in [0.15, 0.2) is 0 Å². The summed E-state index contributed by atoms with van der Waals surface area (Å²) in [5.41, 5.74) is 0.919. The molecule has 0 bridgehead atoms. The van der Waals surface area contributed by atoms with Crippen LogP contribution in [0.4, 0.5) is 13.2 Å². The minimum Gasteiger partial charge on any atom is -0.481 e. The van der Waals surface area contributed by atoms with E-state index in [1.54, 1.807) is 0 Å². The Morgan fingerprint density at radius 1 is 1.17 bits per heavy atom. The third kappa shape index (κ3) is 3.46. The second-order valence-corrected chi connectivity index (χ2v) is 5.92. The highest BCUT2D eigenvalue weighted by Gasteiger charge is 2.39. The van der Waals surface area contributed by atoms with Crippen molar-refractivity contribution in [2.24, 2.45) is 5.92 Å². The third-order valence-corrected chi connectivity index (χ3v) is 4.26. The van der Waals surface area contributed by atoms with Crippen LogP contribution in [0.15, 0.2) is 46.9 Å². The first-order valence-electron chi connectivity index (χ1n) is 7.50. The van der Waals surface area contributed by atoms with Crippen LogP contribution in [0.25, 0.3) is 0 Å². The fourth-order valence-electron chi connectivity index (χ4n) is 3.14. The Morgan fingerprint density at radius 2 is 1.88 bits per heavy atom. The maximum atomic E-state index is 12.6. The summed E-state index contributed by atoms with van der Waals surface area (Å²) in [6, 6.07) is 11.5. The molecule has 2 atom stereocenters. The molecule has 7 heteroatoms. The van der Waals surface area contributed by atoms with E-state index >= 15 is 0 Å². The Labute approximate surface area is 136 Å². The number of carbonyl (C=O) groups is 1. The fraction of sp³-hybridized carbons (Fsp3) is 0.353. The summed E-state index contributed by atoms with van der Waals surface area (Å²) in [7, 11) is 0. The van der Waals surface area contributed by atoms with Crippen molar-refractivity contribution >= 4 is 5.97 Å². The van der Waals surface area contributed by atoms with E-state index in [1.807, 2.05) is 35.2 Å². The molecular weight excluding hydrogens is 323 g/mol. The van der Waals surface area contributed by atoms with Crippen molar-refractivity contribution in [3.63, 3.8) is 0 Å². The molecule has 24 heavy (non-hydrogen) atoms. The van der Waals surface area contributed by atoms with Crippen molar-refractivity contribution < 1.29 is 27.5 Å². The third-order valence-electron chi connectivity index (χ3n) is 4.26. The lowest BCUT2D eigenvalue weighted by atomic mass is 9.89. The molecule has 0 unspecified atom stereocenters. The SMILES string of the molecule is O=C(O)[C@@H]1CN(Cc2ccc(C(F)(F)F)o2)C[C@H]1c1ccccc1. The van der Waals surface area contributed by atoms with Crippen LogP contribution in [-0.4, -0.2) is 29.1 Å². The van der Waals surface area contributed by atoms with Gasteiger partial charge in [-0.15, -0.1) is 0 Å². The van der Waals surface area contributed by atoms with Crippen LogP contribution < -0.4 is 0 Å². The number of carboxylic acids is 1. The van der Waals surface area contributed by atoms with Gasteiger partial charge in [-0.25, -0.2) is 0 Å². The monoisotopic (exact) mass is 339 g/mol. The van der Waals surface area contributed by atoms with Crippen molar-refractivity contribution in [1.82, 2.24) is 4.90 Å². The van der Waals surface area contributed by atoms with E-state index in [4.69, 9.17) is 4.42 Å². The molecule has 0 spiro atoms. The minimum atomic E-state index is -4.51. The average Bonchev–Trinajstić information content (AvgIpc) is 3.15. The van der Waals surface area contributed by atoms with Gasteiger partial charge in [-0.1, -0.05) is 30.3 Å². The summed E-state index contributed by atoms with van der Waals surface area (Å²) in [5, 5.41) is 9.44. The van der Waals surface area contributed by atoms with Crippen LogP contribution in [-0.2, 0) is 17.5 Å². The van der Waals surface area contributed by atoms with Crippen molar-refractivity contribution in [2.75, 3.05) is 13.1 Å². The van der Waals surface area contributed by atoms with Crippen LogP contribution >= 0.6 is 0 Å². The smallest absolute Gasteiger partial charge is 0.449 e. The van der Waals surface area contributed by atoms with Crippen molar-refractivity contribution in [2.45, 2.75) is 18.6 Å². The van der Waals surface area contributed by atoms with Crippen molar-refractivity contribution in [3.05, 3.63) is 59.5 Å². The van der Waals surface area contributed by atoms with E-state index < -0.39 is 23.8 Å². The number of carboxylic acid groups (broad SMARTS) is 1. The molecule has 0 radical (unpaired) electrons. The average molecular weight is 339 g/mol. The molecule has 0 aliphatic carbocycles. The normalized spacial score (nSPS) is 22.0. The van der Waals surface area contributed by atoms with Crippen LogP contribution in [0.2, 0.25) is 0 Å². The highest BCUT2D eigenvalue weighted by Crippen LogP contribution is 2.35. The van der Waals surface area contributed by atoms with E-state index in [9.17, 15) is 23.1 Å². The molecule has 3 rings (SSSR count). The lowest BCUT2D eigenvalue weighted by molar-refractivity contribution is -0.153. The minimum absolute atomic E-state index is 0.156. The molecule has 1 aromatic carbocycles. The summed E-state index contributed by atoms with van der Waals surface area (Å²) < 4.78 is 42.6. The van der Waals surface area contributed by atoms with E-state index in [-0.39, 0.29) is 24.8 Å². The van der Waals surface area contributed by atoms with Gasteiger partial charge in [-0.05, 0) is 17.7 Å². The highest BCUT2D eigenvalue weighted by atomic mass is 19.4. The van der Waals surface area contributed by atoms with Gasteiger partial charge in [-0.2, -0.15) is 13.2 Å². The zero-order chi connectivity index (χ0) is 17.3. The summed E-state index contributed by atoms with van der Waals surface area (Å²) in [5.74, 6) is -2.54. The Morgan fingerprint density at radius 3 is 2.46 bits per heavy atom. The number of furan rings is 1. The number of benzene rings is 1. The number of likely N-dealkylation sites (tertiary alicyclic amines) is 1. The topological polar surface area (TPSA) is 53.7 Å². The lowest BCUT2D eigenvalue weighted by Crippen LogP contribution is -2.23. The van der Waals surface area contributed by atoms with Gasteiger partial charge in [-0.3, -0.25) is 9.69 Å². The molecule has 1 saturated heterocycles. The molecule has 1 aliphatic heterocycles. The summed E-state index contributed by atoms with van der Waals surface area (Å²) in [6.07, 6.45) is -4.51. The van der Waals surface area contributed by atoms with Crippen LogP contribution in [0, 0.1) is 5.92 Å². The molecule has 1 N–H and O–H groups in total. The molecule has 4 nitrogen and oxygen atoms in total. The number of hydrogen-bond donors (Lipinski definition) is 1.